The van der Waals surface area contributed by atoms with Gasteiger partial charge in [-0.05, 0) is 104 Å². The zero-order valence-corrected chi connectivity index (χ0v) is 50.9. The summed E-state index contributed by atoms with van der Waals surface area (Å²) in [5.74, 6) is -0.836. The molecule has 0 heterocycles. The second-order valence-electron chi connectivity index (χ2n) is 22.9. The van der Waals surface area contributed by atoms with Crippen LogP contribution in [0.1, 0.15) is 96.2 Å². The summed E-state index contributed by atoms with van der Waals surface area (Å²) >= 11 is 0. The summed E-state index contributed by atoms with van der Waals surface area (Å²) in [7, 11) is -0.0134. The predicted molar refractivity (Wildman–Crippen MR) is 316 cm³/mol. The first kappa shape index (κ1) is 65.5. The van der Waals surface area contributed by atoms with Gasteiger partial charge in [-0.3, -0.25) is 19.3 Å². The molecule has 5 rings (SSSR count). The number of nitrogens with zero attached hydrogens (tertiary/aromatic N) is 1. The summed E-state index contributed by atoms with van der Waals surface area (Å²) in [4.78, 5) is 86.2. The van der Waals surface area contributed by atoms with Crippen LogP contribution in [0.2, 0.25) is 18.1 Å². The molecule has 5 aromatic rings. The van der Waals surface area contributed by atoms with Gasteiger partial charge in [0.2, 0.25) is 11.8 Å². The van der Waals surface area contributed by atoms with Crippen molar-refractivity contribution in [3.05, 3.63) is 161 Å². The zero-order chi connectivity index (χ0) is 61.1. The van der Waals surface area contributed by atoms with E-state index < -0.39 is 97.2 Å². The highest BCUT2D eigenvalue weighted by Gasteiger charge is 2.48. The van der Waals surface area contributed by atoms with Crippen molar-refractivity contribution >= 4 is 44.3 Å². The molecule has 3 N–H and O–H groups in total. The molecule has 0 aliphatic rings. The van der Waals surface area contributed by atoms with E-state index in [4.69, 9.17) is 44.0 Å². The fourth-order valence-corrected chi connectivity index (χ4v) is 9.18. The van der Waals surface area contributed by atoms with Gasteiger partial charge >= 0.3 is 24.1 Å². The highest BCUT2D eigenvalue weighted by Crippen LogP contribution is 2.44. The number of methoxy groups -OCH3 is 1. The average molecular weight is 1160 g/mol. The van der Waals surface area contributed by atoms with E-state index in [1.807, 2.05) is 88.5 Å². The van der Waals surface area contributed by atoms with Crippen LogP contribution < -0.4 is 30.2 Å². The predicted octanol–water partition coefficient (Wildman–Crippen LogP) is 10.4. The number of ether oxygens (including phenoxy) is 7. The van der Waals surface area contributed by atoms with Gasteiger partial charge in [0.25, 0.3) is 0 Å². The number of hydrogen-bond acceptors (Lipinski definition) is 14. The van der Waals surface area contributed by atoms with Gasteiger partial charge in [0.1, 0.15) is 56.5 Å². The highest BCUT2D eigenvalue weighted by atomic mass is 28.4. The van der Waals surface area contributed by atoms with Crippen LogP contribution in [0.25, 0.3) is 0 Å². The first-order chi connectivity index (χ1) is 39.1. The van der Waals surface area contributed by atoms with Crippen molar-refractivity contribution in [2.24, 2.45) is 5.92 Å². The Labute approximate surface area is 489 Å². The molecule has 0 saturated carbocycles. The lowest BCUT2D eigenvalue weighted by Gasteiger charge is -2.42. The minimum atomic E-state index is -2.98. The number of likely N-dealkylation sites (N-methyl/N-ethyl adjacent to an activating group) is 1. The third-order valence-corrected chi connectivity index (χ3v) is 18.2. The molecule has 0 aliphatic heterocycles. The molecule has 0 bridgehead atoms. The Morgan fingerprint density at radius 2 is 1.18 bits per heavy atom. The van der Waals surface area contributed by atoms with Gasteiger partial charge in [-0.15, -0.1) is 6.42 Å². The Balaban J connectivity index is 1.67. The highest BCUT2D eigenvalue weighted by molar-refractivity contribution is 6.74. The molecule has 0 saturated heterocycles. The van der Waals surface area contributed by atoms with E-state index in [-0.39, 0.29) is 43.5 Å². The molecule has 0 aromatic heterocycles. The number of esters is 2. The van der Waals surface area contributed by atoms with Crippen molar-refractivity contribution in [3.8, 4) is 29.6 Å². The van der Waals surface area contributed by atoms with Crippen molar-refractivity contribution in [2.75, 3.05) is 20.7 Å². The van der Waals surface area contributed by atoms with E-state index in [2.05, 4.69) is 21.9 Å². The van der Waals surface area contributed by atoms with E-state index in [0.29, 0.717) is 22.4 Å². The Bertz CT molecular complexity index is 3000. The normalized spacial score (nSPS) is 13.7. The van der Waals surface area contributed by atoms with E-state index in [1.54, 1.807) is 115 Å². The molecule has 0 spiro atoms. The summed E-state index contributed by atoms with van der Waals surface area (Å²) in [5.41, 5.74) is 0.00610. The number of nitrogens with one attached hydrogen (secondary N) is 3. The lowest BCUT2D eigenvalue weighted by Crippen LogP contribution is -2.64. The number of hydrogen-bond donors (Lipinski definition) is 3. The molecule has 0 fully saturated rings. The lowest BCUT2D eigenvalue weighted by molar-refractivity contribution is -0.154. The molecular formula is C64H80N4O14Si. The van der Waals surface area contributed by atoms with Crippen LogP contribution in [0.3, 0.4) is 0 Å². The van der Waals surface area contributed by atoms with E-state index in [0.717, 1.165) is 10.5 Å². The quantitative estimate of drug-likeness (QED) is 0.0203. The molecule has 83 heavy (non-hydrogen) atoms. The molecule has 0 aliphatic carbocycles. The van der Waals surface area contributed by atoms with Crippen molar-refractivity contribution in [1.29, 1.82) is 0 Å². The summed E-state index contributed by atoms with van der Waals surface area (Å²) in [6.07, 6.45) is 3.35. The molecule has 0 radical (unpaired) electrons. The van der Waals surface area contributed by atoms with Gasteiger partial charge in [-0.1, -0.05) is 150 Å². The molecule has 444 valence electrons. The van der Waals surface area contributed by atoms with Crippen LogP contribution in [0.5, 0.6) is 17.2 Å². The van der Waals surface area contributed by atoms with Crippen LogP contribution in [-0.4, -0.2) is 99.2 Å². The Hall–Kier alpha value is -8.34. The minimum absolute atomic E-state index is 0.0155. The Morgan fingerprint density at radius 1 is 0.651 bits per heavy atom. The summed E-state index contributed by atoms with van der Waals surface area (Å²) in [6.45, 7) is 18.8. The van der Waals surface area contributed by atoms with Crippen molar-refractivity contribution in [2.45, 2.75) is 142 Å². The molecule has 5 atom stereocenters. The molecule has 4 amide bonds. The number of alkyl carbamates (subject to hydrolysis) is 1. The Kier molecular flexibility index (Phi) is 23.3. The molecular weight excluding hydrogens is 1080 g/mol. The largest absolute Gasteiger partial charge is 0.497 e. The van der Waals surface area contributed by atoms with Crippen LogP contribution in [-0.2, 0) is 69.0 Å². The monoisotopic (exact) mass is 1160 g/mol. The smallest absolute Gasteiger partial charge is 0.410 e. The van der Waals surface area contributed by atoms with Crippen molar-refractivity contribution in [1.82, 2.24) is 20.9 Å². The molecule has 5 aromatic carbocycles. The third kappa shape index (κ3) is 19.7. The molecule has 18 nitrogen and oxygen atoms in total. The van der Waals surface area contributed by atoms with E-state index in [9.17, 15) is 24.0 Å². The second-order valence-corrected chi connectivity index (χ2v) is 27.6. The van der Waals surface area contributed by atoms with Crippen molar-refractivity contribution in [3.63, 3.8) is 0 Å². The minimum Gasteiger partial charge on any atom is -0.497 e. The standard InChI is InChI=1S/C64H80N4O14Si/c1-15-64(10,56(58(71)65-38-52(69)77-40-45-27-21-17-22-28-45)67-57(70)53(43(2)3)66-60(73)81-62(4,5)6)80-51-37-48(33-36-50(51)76-39-44-25-19-16-20-26-44)55(82-83(13,14)63(7,8)9)54(59(72)78-41-47-31-34-49(75-12)35-32-47)68(11)61(74)79-42-46-29-23-18-24-30-46/h1,16-37,43,53-56H,38-42H2,2-14H3,(H,65,71)(H,66,73)(H,67,70)/t53-,54-,55+,56+,64+/m0/s1. The van der Waals surface area contributed by atoms with Crippen LogP contribution in [0, 0.1) is 18.3 Å². The van der Waals surface area contributed by atoms with Crippen molar-refractivity contribution < 1.29 is 66.4 Å². The zero-order valence-electron chi connectivity index (χ0n) is 49.9. The number of carbonyl (C=O) groups is 6. The van der Waals surface area contributed by atoms with Gasteiger partial charge in [0, 0.05) is 7.05 Å². The van der Waals surface area contributed by atoms with E-state index in [1.165, 1.54) is 20.0 Å². The van der Waals surface area contributed by atoms with Crippen LogP contribution >= 0.6 is 0 Å². The van der Waals surface area contributed by atoms with Gasteiger partial charge in [-0.25, -0.2) is 14.4 Å². The van der Waals surface area contributed by atoms with E-state index >= 15 is 4.79 Å². The third-order valence-electron chi connectivity index (χ3n) is 13.7. The number of terminal acetylenes is 1. The number of amides is 4. The fraction of sp³-hybridized carbons (Fsp3) is 0.406. The maximum Gasteiger partial charge on any atom is 0.410 e. The number of rotatable bonds is 26. The van der Waals surface area contributed by atoms with Gasteiger partial charge in [0.15, 0.2) is 37.5 Å². The summed E-state index contributed by atoms with van der Waals surface area (Å²) in [5, 5.41) is 7.40. The maximum absolute atomic E-state index is 15.0. The topological polar surface area (TPSA) is 216 Å². The number of benzene rings is 5. The van der Waals surface area contributed by atoms with Gasteiger partial charge < -0.3 is 53.5 Å². The first-order valence-electron chi connectivity index (χ1n) is 27.3. The SMILES string of the molecule is C#C[C@@](C)(Oc1cc([C@@H](O[Si](C)(C)C(C)(C)C)[C@@H](C(=O)OCc2ccc(OC)cc2)N(C)C(=O)OCc2ccccc2)ccc1OCc1ccccc1)[C@H](NC(=O)[C@@H](NC(=O)OC(C)(C)C)C(C)C)C(=O)NCC(=O)OCc1ccccc1. The summed E-state index contributed by atoms with van der Waals surface area (Å²) < 4.78 is 48.8. The molecule has 19 heteroatoms. The lowest BCUT2D eigenvalue weighted by atomic mass is 9.94. The summed E-state index contributed by atoms with van der Waals surface area (Å²) in [6, 6.07) is 34.4. The second kappa shape index (κ2) is 29.6. The first-order valence-corrected chi connectivity index (χ1v) is 30.2. The average Bonchev–Trinajstić information content (AvgIpc) is 3.53. The van der Waals surface area contributed by atoms with Gasteiger partial charge in [0.05, 0.1) is 7.11 Å². The maximum atomic E-state index is 15.0. The molecule has 0 unspecified atom stereocenters. The van der Waals surface area contributed by atoms with Crippen LogP contribution in [0.4, 0.5) is 9.59 Å². The van der Waals surface area contributed by atoms with Gasteiger partial charge in [-0.2, -0.15) is 0 Å². The Morgan fingerprint density at radius 3 is 1.70 bits per heavy atom. The fourth-order valence-electron chi connectivity index (χ4n) is 7.93. The number of carbonyl (C=O) groups excluding carboxylic acids is 6. The van der Waals surface area contributed by atoms with Crippen LogP contribution in [0.15, 0.2) is 133 Å².